The molecule has 15 rings (SSSR count). The van der Waals surface area contributed by atoms with Gasteiger partial charge >= 0.3 is 73.5 Å². The topological polar surface area (TPSA) is 491 Å². The zero-order valence-electron chi connectivity index (χ0n) is 82.2. The fourth-order valence-corrected chi connectivity index (χ4v) is 19.5. The van der Waals surface area contributed by atoms with E-state index in [1.54, 1.807) is 44.4 Å². The number of hydrogen-bond acceptors (Lipinski definition) is 26. The van der Waals surface area contributed by atoms with E-state index in [1.165, 1.54) is 31.1 Å². The molecule has 0 radical (unpaired) electrons. The van der Waals surface area contributed by atoms with E-state index in [1.807, 2.05) is 104 Å². The zero-order chi connectivity index (χ0) is 95.8. The van der Waals surface area contributed by atoms with Gasteiger partial charge in [-0.05, 0) is 325 Å². The summed E-state index contributed by atoms with van der Waals surface area (Å²) in [7, 11) is 4.11. The minimum absolute atomic E-state index is 0. The van der Waals surface area contributed by atoms with Crippen molar-refractivity contribution < 1.29 is 175 Å². The summed E-state index contributed by atoms with van der Waals surface area (Å²) in [5.41, 5.74) is 11.3. The van der Waals surface area contributed by atoms with Crippen LogP contribution in [0.3, 0.4) is 0 Å². The number of nitrogens with one attached hydrogen (secondary N) is 1. The van der Waals surface area contributed by atoms with Gasteiger partial charge in [0.15, 0.2) is 22.4 Å². The van der Waals surface area contributed by atoms with Gasteiger partial charge in [-0.2, -0.15) is 0 Å². The van der Waals surface area contributed by atoms with Gasteiger partial charge < -0.3 is 115 Å². The Morgan fingerprint density at radius 2 is 0.519 bits per heavy atom. The molecule has 0 aromatic heterocycles. The third kappa shape index (κ3) is 21.7. The molecule has 4 amide bonds. The Hall–Kier alpha value is -10.1. The molecule has 10 aliphatic heterocycles. The molecule has 35 heteroatoms. The Bertz CT molecular complexity index is 5040. The van der Waals surface area contributed by atoms with Crippen molar-refractivity contribution in [1.82, 2.24) is 24.9 Å². The number of hydrogen-bond donors (Lipinski definition) is 9. The van der Waals surface area contributed by atoms with Crippen molar-refractivity contribution in [2.75, 3.05) is 54.1 Å². The predicted molar refractivity (Wildman–Crippen MR) is 481 cm³/mol. The van der Waals surface area contributed by atoms with E-state index < -0.39 is 70.1 Å². The molecular formula is C98H135Li2N5O28. The minimum atomic E-state index is -1.17. The summed E-state index contributed by atoms with van der Waals surface area (Å²) < 4.78 is 44.8. The summed E-state index contributed by atoms with van der Waals surface area (Å²) >= 11 is 0. The number of carbonyl (C=O) groups is 10. The summed E-state index contributed by atoms with van der Waals surface area (Å²) in [6, 6.07) is -2.62. The van der Waals surface area contributed by atoms with Crippen LogP contribution in [0.15, 0.2) is 0 Å². The van der Waals surface area contributed by atoms with Crippen molar-refractivity contribution in [2.24, 2.45) is 0 Å². The van der Waals surface area contributed by atoms with Crippen LogP contribution >= 0.6 is 0 Å². The van der Waals surface area contributed by atoms with Gasteiger partial charge in [-0.25, -0.2) is 24.0 Å². The van der Waals surface area contributed by atoms with Crippen LogP contribution in [0.25, 0.3) is 0 Å². The molecular weight excluding hydrogens is 1710 g/mol. The molecule has 5 unspecified atom stereocenters. The number of methoxy groups -OCH3 is 3. The van der Waals surface area contributed by atoms with Crippen molar-refractivity contribution in [1.29, 1.82) is 0 Å². The van der Waals surface area contributed by atoms with Crippen LogP contribution in [0.2, 0.25) is 0 Å². The van der Waals surface area contributed by atoms with Crippen LogP contribution < -0.4 is 66.7 Å². The second-order valence-electron chi connectivity index (χ2n) is 37.1. The van der Waals surface area contributed by atoms with E-state index >= 15 is 0 Å². The number of likely N-dealkylation sites (tertiary alicyclic amines) is 4. The Morgan fingerprint density at radius 3 is 0.722 bits per heavy atom. The molecule has 10 aliphatic rings. The number of rotatable bonds is 10. The molecule has 133 heavy (non-hydrogen) atoms. The monoisotopic (exact) mass is 1840 g/mol. The predicted octanol–water partition coefficient (Wildman–Crippen LogP) is 6.14. The number of benzene rings is 5. The summed E-state index contributed by atoms with van der Waals surface area (Å²) in [6.45, 7) is 39.5. The number of esters is 3. The van der Waals surface area contributed by atoms with Gasteiger partial charge in [-0.1, -0.05) is 0 Å². The largest absolute Gasteiger partial charge is 1.00 e. The molecule has 33 nitrogen and oxygen atoms in total. The van der Waals surface area contributed by atoms with Gasteiger partial charge in [0.05, 0.1) is 21.3 Å². The first-order valence-corrected chi connectivity index (χ1v) is 44.8. The van der Waals surface area contributed by atoms with Crippen LogP contribution in [0.4, 0.5) is 0 Å². The summed E-state index contributed by atoms with van der Waals surface area (Å²) in [4.78, 5) is 128. The van der Waals surface area contributed by atoms with Crippen LogP contribution in [-0.2, 0) is 94.3 Å². The van der Waals surface area contributed by atoms with Crippen LogP contribution in [0.5, 0.6) is 57.5 Å². The van der Waals surface area contributed by atoms with Gasteiger partial charge in [-0.3, -0.25) is 24.0 Å². The quantitative estimate of drug-likeness (QED) is 0.0431. The number of nitrogens with zero attached hydrogens (tertiary/aromatic N) is 4. The Kier molecular flexibility index (Phi) is 37.0. The van der Waals surface area contributed by atoms with Gasteiger partial charge in [-0.15, -0.1) is 0 Å². The Morgan fingerprint density at radius 1 is 0.308 bits per heavy atom. The number of phenolic OH excluding ortho intramolecular Hbond substituents is 5. The van der Waals surface area contributed by atoms with Crippen molar-refractivity contribution in [2.45, 2.75) is 325 Å². The molecule has 0 spiro atoms. The van der Waals surface area contributed by atoms with Crippen molar-refractivity contribution >= 4 is 59.4 Å². The first-order chi connectivity index (χ1) is 60.4. The first-order valence-electron chi connectivity index (χ1n) is 44.8. The third-order valence-electron chi connectivity index (χ3n) is 29.0. The number of carboxylic acids is 3. The van der Waals surface area contributed by atoms with Crippen LogP contribution in [0, 0.1) is 104 Å². The van der Waals surface area contributed by atoms with Gasteiger partial charge in [0.2, 0.25) is 5.60 Å². The molecule has 0 bridgehead atoms. The van der Waals surface area contributed by atoms with Crippen molar-refractivity contribution in [3.63, 3.8) is 0 Å². The van der Waals surface area contributed by atoms with Gasteiger partial charge in [0.1, 0.15) is 87.7 Å². The second-order valence-corrected chi connectivity index (χ2v) is 37.1. The Labute approximate surface area is 802 Å². The molecule has 10 atom stereocenters. The fraction of sp³-hybridized carbons (Fsp3) is 0.592. The number of fused-ring (bicyclic) bond motifs is 5. The van der Waals surface area contributed by atoms with Gasteiger partial charge in [0, 0.05) is 86.1 Å². The number of ether oxygens (including phenoxy) is 8. The van der Waals surface area contributed by atoms with Crippen LogP contribution in [0.1, 0.15) is 242 Å². The maximum atomic E-state index is 13.3. The number of phenols is 5. The molecule has 10 heterocycles. The van der Waals surface area contributed by atoms with Crippen molar-refractivity contribution in [3.05, 3.63) is 111 Å². The maximum absolute atomic E-state index is 13.3. The van der Waals surface area contributed by atoms with E-state index in [0.717, 1.165) is 143 Å². The van der Waals surface area contributed by atoms with E-state index in [0.29, 0.717) is 169 Å². The van der Waals surface area contributed by atoms with Crippen molar-refractivity contribution in [3.8, 4) is 57.5 Å². The SMILES string of the molecule is COC(=O)[C@@H]1CCCN1.COC(=O)[C@@H]1CCCN1C(=O)C1(C)CCc2c(C)c(O)c(C)c(C)c2O1.COC(=O)[C@@H]1CCCN1C(=O)C1(C)CCc2c(C)c(O)c(C)c(C)c2O1.Cc1c(C)c2c(c(C)c1O)CCC(C)(C(=O)N1CCC[C@H]1C(=O)O)O2.Cc1c(C)c2c(c(C)c1O)CCC(C)(C(=O)N1CCC[C@H]1C(=O)O)O2.Cc1c(C)c2c(c(C)c1O)CCC(C)(C(=O)O)O2.[Li+].[Li+].[OH-].[OH-]. The summed E-state index contributed by atoms with van der Waals surface area (Å²) in [6.07, 6.45) is 12.7. The third-order valence-corrected chi connectivity index (χ3v) is 29.0. The summed E-state index contributed by atoms with van der Waals surface area (Å²) in [5.74, 6) is 0.148. The average molecular weight is 1850 g/mol. The molecule has 5 fully saturated rings. The molecule has 722 valence electrons. The smallest absolute Gasteiger partial charge is 0.870 e. The van der Waals surface area contributed by atoms with E-state index in [-0.39, 0.29) is 114 Å². The Balaban J connectivity index is 0.000000249. The molecule has 5 aromatic carbocycles. The fourth-order valence-electron chi connectivity index (χ4n) is 19.5. The molecule has 0 aliphatic carbocycles. The number of carbonyl (C=O) groups excluding carboxylic acids is 7. The second kappa shape index (κ2) is 44.1. The number of carboxylic acid groups (broad SMARTS) is 3. The minimum Gasteiger partial charge on any atom is -0.870 e. The summed E-state index contributed by atoms with van der Waals surface area (Å²) in [5, 5.41) is 82.1. The molecule has 5 saturated heterocycles. The molecule has 11 N–H and O–H groups in total. The molecule has 5 aromatic rings. The zero-order valence-corrected chi connectivity index (χ0v) is 82.2. The van der Waals surface area contributed by atoms with E-state index in [4.69, 9.17) is 33.2 Å². The van der Waals surface area contributed by atoms with E-state index in [9.17, 15) is 88.8 Å². The standard InChI is InChI=1S/2C20H27NO5.2C19H25NO5.C14H18O4.C6H11NO2.2Li.2H2O/c2*1-11-12(2)17-14(13(3)16(11)22)8-9-20(4,26-17)19(24)21-10-6-7-15(21)18(23)25-5;2*1-10-11(2)16-13(12(3)15(10)21)7-8-19(4,25-16)18(24)20-9-5-6-14(20)17(22)23;1-7-8(2)12-10(9(3)11(7)15)5-6-14(4,18-12)13(16)17;1-9-6(8)5-3-2-4-7-5;;;;/h2*15,22H,6-10H2,1-5H3;2*14,21H,5-9H2,1-4H3,(H,22,23);15H,5-6H2,1-4H3,(H,16,17);5,7H,2-4H2,1H3;;;2*1H2/q;;;;;;2*+1;;/p-2/t2*15-,20?;2*14-,19?;;5-;;;;/m0000.0..../s1. The maximum Gasteiger partial charge on any atom is 1.00 e. The normalized spacial score (nSPS) is 24.0. The first kappa shape index (κ1) is 112. The van der Waals surface area contributed by atoms with Crippen LogP contribution in [-0.4, -0.2) is 243 Å². The average Bonchev–Trinajstić information content (AvgIpc) is 1.73. The number of aromatic hydroxyl groups is 5. The number of amides is 4. The number of aliphatic carboxylic acids is 3. The molecule has 0 saturated carbocycles. The van der Waals surface area contributed by atoms with E-state index in [2.05, 4.69) is 10.1 Å². The van der Waals surface area contributed by atoms with Gasteiger partial charge in [0.25, 0.3) is 23.6 Å².